The van der Waals surface area contributed by atoms with E-state index in [0.29, 0.717) is 10.8 Å². The van der Waals surface area contributed by atoms with E-state index in [1.54, 1.807) is 5.38 Å². The van der Waals surface area contributed by atoms with Crippen molar-refractivity contribution in [3.63, 3.8) is 0 Å². The van der Waals surface area contributed by atoms with E-state index in [2.05, 4.69) is 32.5 Å². The number of hydrogen-bond donors (Lipinski definition) is 5. The highest BCUT2D eigenvalue weighted by molar-refractivity contribution is 7.80. The van der Waals surface area contributed by atoms with Crippen molar-refractivity contribution in [1.29, 1.82) is 0 Å². The molecule has 8 nitrogen and oxygen atoms in total. The summed E-state index contributed by atoms with van der Waals surface area (Å²) in [5.41, 5.74) is 21.8. The van der Waals surface area contributed by atoms with Crippen LogP contribution in [-0.2, 0) is 6.54 Å². The average Bonchev–Trinajstić information content (AvgIpc) is 2.60. The lowest BCUT2D eigenvalue weighted by molar-refractivity contribution is 0.991. The van der Waals surface area contributed by atoms with Gasteiger partial charge in [-0.05, 0) is 12.2 Å². The molecule has 0 aromatic carbocycles. The van der Waals surface area contributed by atoms with Gasteiger partial charge in [0, 0.05) is 5.38 Å². The van der Waals surface area contributed by atoms with Gasteiger partial charge in [-0.3, -0.25) is 0 Å². The Hall–Kier alpha value is -1.94. The van der Waals surface area contributed by atoms with Gasteiger partial charge in [-0.25, -0.2) is 9.98 Å². The van der Waals surface area contributed by atoms with Gasteiger partial charge in [0.05, 0.1) is 12.2 Å². The van der Waals surface area contributed by atoms with Crippen LogP contribution in [0.3, 0.4) is 0 Å². The number of aliphatic imine (C=N–C) groups is 2. The molecule has 1 heterocycles. The normalized spacial score (nSPS) is 10.9. The average molecular weight is 272 g/mol. The Morgan fingerprint density at radius 3 is 2.71 bits per heavy atom. The highest BCUT2D eigenvalue weighted by Crippen LogP contribution is 2.18. The van der Waals surface area contributed by atoms with E-state index < -0.39 is 0 Å². The van der Waals surface area contributed by atoms with Gasteiger partial charge in [-0.2, -0.15) is 4.99 Å². The lowest BCUT2D eigenvalue weighted by atomic mass is 10.5. The molecule has 10 heteroatoms. The van der Waals surface area contributed by atoms with Crippen LogP contribution < -0.4 is 28.3 Å². The van der Waals surface area contributed by atoms with Crippen LogP contribution in [0.5, 0.6) is 0 Å². The lowest BCUT2D eigenvalue weighted by Crippen LogP contribution is -2.40. The Morgan fingerprint density at radius 1 is 1.41 bits per heavy atom. The van der Waals surface area contributed by atoms with E-state index in [1.165, 1.54) is 11.3 Å². The number of rotatable bonds is 3. The molecule has 0 amide bonds. The van der Waals surface area contributed by atoms with Gasteiger partial charge in [-0.1, -0.05) is 0 Å². The summed E-state index contributed by atoms with van der Waals surface area (Å²) >= 11 is 5.90. The summed E-state index contributed by atoms with van der Waals surface area (Å²) in [6, 6.07) is 0. The van der Waals surface area contributed by atoms with E-state index in [1.807, 2.05) is 0 Å². The molecule has 0 spiro atoms. The minimum atomic E-state index is -0.0379. The van der Waals surface area contributed by atoms with E-state index in [4.69, 9.17) is 22.9 Å². The van der Waals surface area contributed by atoms with E-state index in [-0.39, 0.29) is 23.6 Å². The van der Waals surface area contributed by atoms with Gasteiger partial charge in [0.25, 0.3) is 0 Å². The Balaban J connectivity index is 2.61. The van der Waals surface area contributed by atoms with E-state index >= 15 is 0 Å². The summed E-state index contributed by atoms with van der Waals surface area (Å²) in [7, 11) is 0. The van der Waals surface area contributed by atoms with Crippen molar-refractivity contribution in [2.45, 2.75) is 6.54 Å². The second-order valence-electron chi connectivity index (χ2n) is 2.85. The molecule has 0 aliphatic carbocycles. The van der Waals surface area contributed by atoms with E-state index in [9.17, 15) is 0 Å². The van der Waals surface area contributed by atoms with Crippen molar-refractivity contribution < 1.29 is 0 Å². The molecule has 0 atom stereocenters. The fourth-order valence-corrected chi connectivity index (χ4v) is 1.66. The van der Waals surface area contributed by atoms with Crippen LogP contribution in [0.1, 0.15) is 5.69 Å². The standard InChI is InChI=1S/C7H12N8S2/c8-4(9)14-7-13-3(2-17-7)1-12-5(10)15-6(11)16/h2H,1H2,(H4,8,9,13,14)(H5,10,11,12,15,16). The molecule has 0 unspecified atom stereocenters. The molecule has 1 aromatic rings. The molecule has 1 rings (SSSR count). The van der Waals surface area contributed by atoms with E-state index in [0.717, 1.165) is 0 Å². The number of nitrogens with zero attached hydrogens (tertiary/aromatic N) is 3. The number of thiocarbonyl (C=S) groups is 1. The van der Waals surface area contributed by atoms with Gasteiger partial charge in [0.15, 0.2) is 17.0 Å². The molecule has 0 bridgehead atoms. The highest BCUT2D eigenvalue weighted by atomic mass is 32.1. The largest absolute Gasteiger partial charge is 0.376 e. The fraction of sp³-hybridized carbons (Fsp3) is 0.143. The molecule has 0 aliphatic heterocycles. The molecular formula is C7H12N8S2. The lowest BCUT2D eigenvalue weighted by Gasteiger charge is -2.00. The Morgan fingerprint density at radius 2 is 2.12 bits per heavy atom. The molecular weight excluding hydrogens is 260 g/mol. The van der Waals surface area contributed by atoms with Crippen molar-refractivity contribution >= 4 is 45.7 Å². The zero-order valence-corrected chi connectivity index (χ0v) is 10.4. The molecule has 17 heavy (non-hydrogen) atoms. The fourth-order valence-electron chi connectivity index (χ4n) is 0.863. The Bertz CT molecular complexity index is 458. The van der Waals surface area contributed by atoms with Crippen LogP contribution in [0, 0.1) is 0 Å². The van der Waals surface area contributed by atoms with Crippen molar-refractivity contribution in [2.75, 3.05) is 0 Å². The zero-order chi connectivity index (χ0) is 12.8. The minimum Gasteiger partial charge on any atom is -0.376 e. The van der Waals surface area contributed by atoms with Crippen LogP contribution >= 0.6 is 23.6 Å². The Kier molecular flexibility index (Phi) is 4.60. The van der Waals surface area contributed by atoms with Gasteiger partial charge >= 0.3 is 0 Å². The first-order chi connectivity index (χ1) is 7.97. The van der Waals surface area contributed by atoms with Crippen LogP contribution in [0.4, 0.5) is 5.13 Å². The second kappa shape index (κ2) is 5.96. The Labute approximate surface area is 107 Å². The number of aromatic nitrogens is 1. The maximum Gasteiger partial charge on any atom is 0.212 e. The SMILES string of the molecule is NC(=S)NC(N)=NCc1csc(N=C(N)N)n1. The number of hydrogen-bond acceptors (Lipinski definition) is 5. The third-order valence-corrected chi connectivity index (χ3v) is 2.31. The molecule has 0 saturated heterocycles. The maximum atomic E-state index is 5.49. The van der Waals surface area contributed by atoms with Crippen LogP contribution in [-0.4, -0.2) is 22.0 Å². The quantitative estimate of drug-likeness (QED) is 0.260. The minimum absolute atomic E-state index is 0.0379. The molecule has 92 valence electrons. The molecule has 0 saturated carbocycles. The number of guanidine groups is 2. The predicted molar refractivity (Wildman–Crippen MR) is 72.8 cm³/mol. The van der Waals surface area contributed by atoms with Crippen molar-refractivity contribution in [1.82, 2.24) is 10.3 Å². The monoisotopic (exact) mass is 272 g/mol. The van der Waals surface area contributed by atoms with Crippen molar-refractivity contribution in [2.24, 2.45) is 32.9 Å². The first-order valence-electron chi connectivity index (χ1n) is 4.38. The molecule has 0 radical (unpaired) electrons. The zero-order valence-electron chi connectivity index (χ0n) is 8.75. The van der Waals surface area contributed by atoms with Crippen molar-refractivity contribution in [3.8, 4) is 0 Å². The maximum absolute atomic E-state index is 5.49. The van der Waals surface area contributed by atoms with Gasteiger partial charge < -0.3 is 28.3 Å². The summed E-state index contributed by atoms with van der Waals surface area (Å²) in [5.74, 6) is 0.0953. The van der Waals surface area contributed by atoms with Crippen LogP contribution in [0.15, 0.2) is 15.4 Å². The second-order valence-corrected chi connectivity index (χ2v) is 4.13. The molecule has 0 fully saturated rings. The number of nitrogens with one attached hydrogen (secondary N) is 1. The van der Waals surface area contributed by atoms with Gasteiger partial charge in [0.2, 0.25) is 5.13 Å². The first-order valence-corrected chi connectivity index (χ1v) is 5.66. The first kappa shape index (κ1) is 13.1. The smallest absolute Gasteiger partial charge is 0.212 e. The molecule has 0 aliphatic rings. The van der Waals surface area contributed by atoms with Crippen LogP contribution in [0.2, 0.25) is 0 Å². The summed E-state index contributed by atoms with van der Waals surface area (Å²) < 4.78 is 0. The molecule has 9 N–H and O–H groups in total. The van der Waals surface area contributed by atoms with Gasteiger partial charge in [0.1, 0.15) is 0 Å². The van der Waals surface area contributed by atoms with Crippen LogP contribution in [0.25, 0.3) is 0 Å². The number of nitrogens with two attached hydrogens (primary N) is 4. The predicted octanol–water partition coefficient (Wildman–Crippen LogP) is -1.30. The summed E-state index contributed by atoms with van der Waals surface area (Å²) in [6.07, 6.45) is 0. The third kappa shape index (κ3) is 5.08. The highest BCUT2D eigenvalue weighted by Gasteiger charge is 2.01. The summed E-state index contributed by atoms with van der Waals surface area (Å²) in [5, 5.41) is 4.80. The summed E-state index contributed by atoms with van der Waals surface area (Å²) in [6.45, 7) is 0.290. The van der Waals surface area contributed by atoms with Gasteiger partial charge in [-0.15, -0.1) is 11.3 Å². The number of thiazole rings is 1. The molecule has 1 aromatic heterocycles. The topological polar surface area (TPSA) is 154 Å². The summed E-state index contributed by atoms with van der Waals surface area (Å²) in [4.78, 5) is 11.9. The third-order valence-electron chi connectivity index (χ3n) is 1.43. The van der Waals surface area contributed by atoms with Crippen molar-refractivity contribution in [3.05, 3.63) is 11.1 Å².